The van der Waals surface area contributed by atoms with Crippen LogP contribution < -0.4 is 15.0 Å². The molecule has 2 amide bonds. The highest BCUT2D eigenvalue weighted by molar-refractivity contribution is 8.00. The number of benzene rings is 2. The number of alkyl halides is 2. The highest BCUT2D eigenvalue weighted by atomic mass is 32.2. The van der Waals surface area contributed by atoms with Crippen LogP contribution in [0.1, 0.15) is 0 Å². The third-order valence-corrected chi connectivity index (χ3v) is 6.04. The van der Waals surface area contributed by atoms with Gasteiger partial charge in [0.15, 0.2) is 5.13 Å². The molecule has 2 aromatic carbocycles. The number of thioether (sulfide) groups is 1. The number of aromatic nitrogens is 1. The molecule has 10 heteroatoms. The van der Waals surface area contributed by atoms with Crippen molar-refractivity contribution in [3.8, 4) is 17.0 Å². The second kappa shape index (κ2) is 8.80. The van der Waals surface area contributed by atoms with Gasteiger partial charge < -0.3 is 15.0 Å². The maximum Gasteiger partial charge on any atom is 0.387 e. The molecule has 4 rings (SSSR count). The van der Waals surface area contributed by atoms with Crippen LogP contribution in [-0.4, -0.2) is 35.7 Å². The minimum absolute atomic E-state index is 0.00342. The van der Waals surface area contributed by atoms with Crippen molar-refractivity contribution in [1.82, 2.24) is 4.98 Å². The Labute approximate surface area is 178 Å². The van der Waals surface area contributed by atoms with Crippen LogP contribution in [0, 0.1) is 0 Å². The monoisotopic (exact) mass is 447 g/mol. The molecule has 2 heterocycles. The molecule has 1 aromatic heterocycles. The Bertz CT molecular complexity index is 1090. The molecule has 0 saturated carbocycles. The van der Waals surface area contributed by atoms with Crippen LogP contribution in [0.4, 0.5) is 19.6 Å². The average Bonchev–Trinajstić information content (AvgIpc) is 3.18. The minimum atomic E-state index is -2.95. The van der Waals surface area contributed by atoms with Gasteiger partial charge in [-0.3, -0.25) is 9.59 Å². The fourth-order valence-corrected chi connectivity index (χ4v) is 4.62. The van der Waals surface area contributed by atoms with Gasteiger partial charge in [-0.05, 0) is 24.3 Å². The van der Waals surface area contributed by atoms with E-state index in [0.29, 0.717) is 22.1 Å². The van der Waals surface area contributed by atoms with Gasteiger partial charge in [0.25, 0.3) is 0 Å². The summed E-state index contributed by atoms with van der Waals surface area (Å²) in [4.78, 5) is 31.5. The molecule has 0 saturated heterocycles. The summed E-state index contributed by atoms with van der Waals surface area (Å²) in [6.45, 7) is -3.09. The molecule has 1 aliphatic rings. The van der Waals surface area contributed by atoms with E-state index in [1.807, 2.05) is 18.2 Å². The Morgan fingerprint density at radius 1 is 1.20 bits per heavy atom. The van der Waals surface area contributed by atoms with Gasteiger partial charge in [0.05, 0.1) is 17.1 Å². The molecular formula is C20H15F2N3O3S2. The van der Waals surface area contributed by atoms with E-state index in [1.54, 1.807) is 29.6 Å². The van der Waals surface area contributed by atoms with Crippen molar-refractivity contribution in [2.45, 2.75) is 11.5 Å². The summed E-state index contributed by atoms with van der Waals surface area (Å²) in [6, 6.07) is 13.7. The van der Waals surface area contributed by atoms with Gasteiger partial charge in [0.1, 0.15) is 12.3 Å². The van der Waals surface area contributed by atoms with E-state index in [0.717, 1.165) is 16.2 Å². The molecule has 3 aromatic rings. The summed E-state index contributed by atoms with van der Waals surface area (Å²) in [5.41, 5.74) is 1.50. The van der Waals surface area contributed by atoms with Crippen LogP contribution in [0.3, 0.4) is 0 Å². The number of nitrogens with one attached hydrogen (secondary N) is 1. The Morgan fingerprint density at radius 3 is 2.80 bits per heavy atom. The van der Waals surface area contributed by atoms with Crippen molar-refractivity contribution < 1.29 is 23.1 Å². The highest BCUT2D eigenvalue weighted by Gasteiger charge is 2.26. The summed E-state index contributed by atoms with van der Waals surface area (Å²) in [5.74, 6) is -0.273. The molecule has 0 spiro atoms. The van der Waals surface area contributed by atoms with Gasteiger partial charge in [-0.1, -0.05) is 24.3 Å². The predicted octanol–water partition coefficient (Wildman–Crippen LogP) is 4.49. The van der Waals surface area contributed by atoms with E-state index >= 15 is 0 Å². The zero-order valence-electron chi connectivity index (χ0n) is 15.4. The van der Waals surface area contributed by atoms with Gasteiger partial charge >= 0.3 is 6.61 Å². The zero-order valence-corrected chi connectivity index (χ0v) is 17.0. The van der Waals surface area contributed by atoms with Crippen molar-refractivity contribution in [2.75, 3.05) is 22.5 Å². The molecule has 0 aliphatic carbocycles. The van der Waals surface area contributed by atoms with E-state index in [-0.39, 0.29) is 24.0 Å². The second-order valence-corrected chi connectivity index (χ2v) is 8.07. The first-order chi connectivity index (χ1) is 14.5. The number of carbonyl (C=O) groups excluding carboxylic acids is 2. The Balaban J connectivity index is 1.47. The average molecular weight is 447 g/mol. The normalized spacial score (nSPS) is 13.3. The van der Waals surface area contributed by atoms with Gasteiger partial charge in [-0.25, -0.2) is 4.98 Å². The number of hydrogen-bond donors (Lipinski definition) is 1. The van der Waals surface area contributed by atoms with Crippen molar-refractivity contribution in [3.05, 3.63) is 53.9 Å². The maximum atomic E-state index is 12.6. The van der Waals surface area contributed by atoms with Crippen molar-refractivity contribution in [3.63, 3.8) is 0 Å². The third-order valence-electron chi connectivity index (χ3n) is 4.24. The number of halogens is 2. The summed E-state index contributed by atoms with van der Waals surface area (Å²) < 4.78 is 29.8. The number of hydrogen-bond acceptors (Lipinski definition) is 6. The SMILES string of the molecule is O=C(CN1C(=O)CSc2ccccc21)Nc1nc(-c2ccccc2OC(F)F)cs1. The predicted molar refractivity (Wildman–Crippen MR) is 112 cm³/mol. The van der Waals surface area contributed by atoms with Crippen molar-refractivity contribution in [2.24, 2.45) is 0 Å². The van der Waals surface area contributed by atoms with E-state index in [1.165, 1.54) is 22.7 Å². The molecule has 0 bridgehead atoms. The Kier molecular flexibility index (Phi) is 5.96. The lowest BCUT2D eigenvalue weighted by Gasteiger charge is -2.28. The first kappa shape index (κ1) is 20.3. The third kappa shape index (κ3) is 4.44. The number of thiazole rings is 1. The van der Waals surface area contributed by atoms with Crippen molar-refractivity contribution >= 4 is 45.7 Å². The summed E-state index contributed by atoms with van der Waals surface area (Å²) in [7, 11) is 0. The minimum Gasteiger partial charge on any atom is -0.434 e. The van der Waals surface area contributed by atoms with Crippen LogP contribution in [-0.2, 0) is 9.59 Å². The molecule has 0 fully saturated rings. The molecule has 1 N–H and O–H groups in total. The van der Waals surface area contributed by atoms with Crippen LogP contribution in [0.2, 0.25) is 0 Å². The van der Waals surface area contributed by atoms with Crippen LogP contribution >= 0.6 is 23.1 Å². The number of para-hydroxylation sites is 2. The van der Waals surface area contributed by atoms with Gasteiger partial charge in [-0.15, -0.1) is 23.1 Å². The lowest BCUT2D eigenvalue weighted by molar-refractivity contribution is -0.120. The molecule has 0 atom stereocenters. The van der Waals surface area contributed by atoms with Gasteiger partial charge in [-0.2, -0.15) is 8.78 Å². The molecule has 1 aliphatic heterocycles. The second-order valence-electron chi connectivity index (χ2n) is 6.20. The summed E-state index contributed by atoms with van der Waals surface area (Å²) in [5, 5.41) is 4.61. The lowest BCUT2D eigenvalue weighted by atomic mass is 10.1. The largest absolute Gasteiger partial charge is 0.434 e. The number of fused-ring (bicyclic) bond motifs is 1. The topological polar surface area (TPSA) is 71.5 Å². The van der Waals surface area contributed by atoms with E-state index < -0.39 is 12.5 Å². The molecule has 30 heavy (non-hydrogen) atoms. The molecule has 6 nitrogen and oxygen atoms in total. The Morgan fingerprint density at radius 2 is 1.97 bits per heavy atom. The molecule has 0 radical (unpaired) electrons. The number of anilines is 2. The first-order valence-corrected chi connectivity index (χ1v) is 10.7. The summed E-state index contributed by atoms with van der Waals surface area (Å²) >= 11 is 2.59. The van der Waals surface area contributed by atoms with E-state index in [2.05, 4.69) is 15.0 Å². The summed E-state index contributed by atoms with van der Waals surface area (Å²) in [6.07, 6.45) is 0. The van der Waals surface area contributed by atoms with Crippen LogP contribution in [0.5, 0.6) is 5.75 Å². The number of rotatable bonds is 6. The number of ether oxygens (including phenoxy) is 1. The first-order valence-electron chi connectivity index (χ1n) is 8.83. The van der Waals surface area contributed by atoms with Gasteiger partial charge in [0.2, 0.25) is 11.8 Å². The number of amides is 2. The quantitative estimate of drug-likeness (QED) is 0.603. The van der Waals surface area contributed by atoms with E-state index in [4.69, 9.17) is 0 Å². The fourth-order valence-electron chi connectivity index (χ4n) is 2.96. The van der Waals surface area contributed by atoms with Crippen LogP contribution in [0.25, 0.3) is 11.3 Å². The van der Waals surface area contributed by atoms with E-state index in [9.17, 15) is 18.4 Å². The van der Waals surface area contributed by atoms with Crippen molar-refractivity contribution in [1.29, 1.82) is 0 Å². The smallest absolute Gasteiger partial charge is 0.387 e. The highest BCUT2D eigenvalue weighted by Crippen LogP contribution is 2.35. The maximum absolute atomic E-state index is 12.6. The lowest BCUT2D eigenvalue weighted by Crippen LogP contribution is -2.41. The molecule has 0 unspecified atom stereocenters. The fraction of sp³-hybridized carbons (Fsp3) is 0.150. The number of carbonyl (C=O) groups is 2. The van der Waals surface area contributed by atoms with Crippen LogP contribution in [0.15, 0.2) is 58.8 Å². The Hall–Kier alpha value is -2.98. The zero-order chi connectivity index (χ0) is 21.1. The van der Waals surface area contributed by atoms with Gasteiger partial charge in [0, 0.05) is 15.8 Å². The molecular weight excluding hydrogens is 432 g/mol. The number of nitrogens with zero attached hydrogens (tertiary/aromatic N) is 2. The standard InChI is InChI=1S/C20H15F2N3O3S2/c21-19(22)28-15-7-3-1-5-12(15)13-10-30-20(23-13)24-17(26)9-25-14-6-2-4-8-16(14)29-11-18(25)27/h1-8,10,19H,9,11H2,(H,23,24,26). The molecule has 154 valence electrons.